The lowest BCUT2D eigenvalue weighted by molar-refractivity contribution is 0.0624. The molecule has 9 nitrogen and oxygen atoms in total. The average Bonchev–Trinajstić information content (AvgIpc) is 3.14. The van der Waals surface area contributed by atoms with Crippen molar-refractivity contribution in [1.82, 2.24) is 29.4 Å². The van der Waals surface area contributed by atoms with Gasteiger partial charge in [0, 0.05) is 44.5 Å². The third kappa shape index (κ3) is 3.87. The van der Waals surface area contributed by atoms with Crippen LogP contribution < -0.4 is 10.6 Å². The number of imidazole rings is 1. The van der Waals surface area contributed by atoms with Crippen LogP contribution in [0.1, 0.15) is 56.1 Å². The predicted octanol–water partition coefficient (Wildman–Crippen LogP) is 2.62. The van der Waals surface area contributed by atoms with Gasteiger partial charge in [0.15, 0.2) is 5.65 Å². The van der Waals surface area contributed by atoms with E-state index in [1.165, 1.54) is 6.33 Å². The number of rotatable bonds is 3. The van der Waals surface area contributed by atoms with Crippen molar-refractivity contribution in [3.63, 3.8) is 0 Å². The largest absolute Gasteiger partial charge is 0.356 e. The number of aromatic amines is 1. The number of hydrogen-bond donors (Lipinski definition) is 1. The molecule has 3 aromatic heterocycles. The Balaban J connectivity index is 1.28. The molecule has 0 bridgehead atoms. The van der Waals surface area contributed by atoms with Gasteiger partial charge in [-0.2, -0.15) is 0 Å². The number of anilines is 1. The fourth-order valence-corrected chi connectivity index (χ4v) is 4.79. The molecule has 0 unspecified atom stereocenters. The van der Waals surface area contributed by atoms with E-state index in [0.717, 1.165) is 63.2 Å². The van der Waals surface area contributed by atoms with Gasteiger partial charge in [-0.25, -0.2) is 19.7 Å². The molecule has 3 aromatic rings. The van der Waals surface area contributed by atoms with Gasteiger partial charge in [-0.15, -0.1) is 0 Å². The Hall–Kier alpha value is -3.23. The van der Waals surface area contributed by atoms with Crippen LogP contribution in [0.2, 0.25) is 0 Å². The van der Waals surface area contributed by atoms with Crippen LogP contribution in [0.3, 0.4) is 0 Å². The monoisotopic (exact) mass is 435 g/mol. The smallest absolute Gasteiger partial charge is 0.327 e. The van der Waals surface area contributed by atoms with Gasteiger partial charge < -0.3 is 9.80 Å². The normalized spacial score (nSPS) is 19.4. The summed E-state index contributed by atoms with van der Waals surface area (Å²) in [5.41, 5.74) is 2.10. The Morgan fingerprint density at radius 3 is 2.59 bits per heavy atom. The summed E-state index contributed by atoms with van der Waals surface area (Å²) in [5, 5.41) is 0. The van der Waals surface area contributed by atoms with Gasteiger partial charge in [-0.05, 0) is 43.2 Å². The maximum absolute atomic E-state index is 13.0. The van der Waals surface area contributed by atoms with Crippen LogP contribution in [0.15, 0.2) is 35.5 Å². The number of pyridine rings is 1. The molecule has 2 saturated heterocycles. The molecule has 32 heavy (non-hydrogen) atoms. The molecule has 0 aromatic carbocycles. The van der Waals surface area contributed by atoms with E-state index in [9.17, 15) is 9.59 Å². The zero-order valence-electron chi connectivity index (χ0n) is 18.6. The number of nitrogens with one attached hydrogen (secondary N) is 1. The number of fused-ring (bicyclic) bond motifs is 1. The number of carbonyl (C=O) groups excluding carboxylic acids is 1. The highest BCUT2D eigenvalue weighted by Gasteiger charge is 2.30. The first-order valence-electron chi connectivity index (χ1n) is 11.3. The van der Waals surface area contributed by atoms with E-state index in [1.807, 2.05) is 27.7 Å². The Kier molecular flexibility index (Phi) is 5.19. The number of piperidine rings is 2. The number of likely N-dealkylation sites (tertiary alicyclic amines) is 1. The Bertz CT molecular complexity index is 1180. The van der Waals surface area contributed by atoms with E-state index >= 15 is 0 Å². The average molecular weight is 436 g/mol. The summed E-state index contributed by atoms with van der Waals surface area (Å²) in [6.45, 7) is 7.55. The first-order chi connectivity index (χ1) is 15.4. The number of H-pyrrole nitrogens is 1. The van der Waals surface area contributed by atoms with Crippen molar-refractivity contribution >= 4 is 22.9 Å². The minimum absolute atomic E-state index is 0.0168. The van der Waals surface area contributed by atoms with Crippen LogP contribution in [0.4, 0.5) is 5.82 Å². The molecular weight excluding hydrogens is 406 g/mol. The Morgan fingerprint density at radius 1 is 1.09 bits per heavy atom. The summed E-state index contributed by atoms with van der Waals surface area (Å²) in [6.07, 6.45) is 6.81. The first-order valence-corrected chi connectivity index (χ1v) is 11.3. The zero-order valence-corrected chi connectivity index (χ0v) is 18.6. The van der Waals surface area contributed by atoms with Crippen LogP contribution in [-0.2, 0) is 0 Å². The number of aromatic nitrogens is 5. The van der Waals surface area contributed by atoms with E-state index in [0.29, 0.717) is 16.8 Å². The highest BCUT2D eigenvalue weighted by molar-refractivity contribution is 5.93. The summed E-state index contributed by atoms with van der Waals surface area (Å²) < 4.78 is 1.83. The fraction of sp³-hybridized carbons (Fsp3) is 0.522. The van der Waals surface area contributed by atoms with Gasteiger partial charge in [-0.1, -0.05) is 13.8 Å². The van der Waals surface area contributed by atoms with Gasteiger partial charge in [0.1, 0.15) is 17.8 Å². The standard InChI is InChI=1S/C23H29N7O2/c1-23(2)7-12-29(13-8-23)21(31)17-14-19(26-15-25-17)28-10-5-16(6-11-28)30-18-4-3-9-24-20(18)27-22(30)32/h3-4,9,14-16H,5-8,10-13H2,1-2H3,(H,24,27,32). The van der Waals surface area contributed by atoms with E-state index in [4.69, 9.17) is 0 Å². The van der Waals surface area contributed by atoms with Gasteiger partial charge in [-0.3, -0.25) is 14.3 Å². The van der Waals surface area contributed by atoms with Gasteiger partial charge in [0.05, 0.1) is 5.52 Å². The van der Waals surface area contributed by atoms with Gasteiger partial charge in [0.25, 0.3) is 5.91 Å². The van der Waals surface area contributed by atoms with Crippen LogP contribution >= 0.6 is 0 Å². The second kappa shape index (κ2) is 8.03. The van der Waals surface area contributed by atoms with Crippen molar-refractivity contribution in [2.45, 2.75) is 45.6 Å². The minimum Gasteiger partial charge on any atom is -0.356 e. The third-order valence-electron chi connectivity index (χ3n) is 6.92. The zero-order chi connectivity index (χ0) is 22.3. The van der Waals surface area contributed by atoms with Gasteiger partial charge >= 0.3 is 5.69 Å². The second-order valence-corrected chi connectivity index (χ2v) is 9.61. The van der Waals surface area contributed by atoms with E-state index in [1.54, 1.807) is 6.20 Å². The van der Waals surface area contributed by atoms with Crippen LogP contribution in [-0.4, -0.2) is 61.5 Å². The molecule has 2 aliphatic heterocycles. The predicted molar refractivity (Wildman–Crippen MR) is 122 cm³/mol. The van der Waals surface area contributed by atoms with Crippen molar-refractivity contribution in [3.05, 3.63) is 46.9 Å². The molecule has 0 aliphatic carbocycles. The summed E-state index contributed by atoms with van der Waals surface area (Å²) in [7, 11) is 0. The number of amides is 1. The first kappa shape index (κ1) is 20.7. The third-order valence-corrected chi connectivity index (χ3v) is 6.92. The lowest BCUT2D eigenvalue weighted by Gasteiger charge is -2.37. The molecule has 168 valence electrons. The van der Waals surface area contributed by atoms with Crippen LogP contribution in [0, 0.1) is 5.41 Å². The molecule has 1 N–H and O–H groups in total. The Labute approximate surface area is 186 Å². The molecule has 2 aliphatic rings. The molecular formula is C23H29N7O2. The lowest BCUT2D eigenvalue weighted by atomic mass is 9.82. The number of hydrogen-bond acceptors (Lipinski definition) is 6. The van der Waals surface area contributed by atoms with Crippen LogP contribution in [0.5, 0.6) is 0 Å². The molecule has 5 rings (SSSR count). The topological polar surface area (TPSA) is 100 Å². The molecule has 0 spiro atoms. The molecule has 0 atom stereocenters. The lowest BCUT2D eigenvalue weighted by Crippen LogP contribution is -2.41. The molecule has 2 fully saturated rings. The van der Waals surface area contributed by atoms with Gasteiger partial charge in [0.2, 0.25) is 0 Å². The highest BCUT2D eigenvalue weighted by Crippen LogP contribution is 2.31. The molecule has 9 heteroatoms. The van der Waals surface area contributed by atoms with Crippen LogP contribution in [0.25, 0.3) is 11.2 Å². The minimum atomic E-state index is -0.114. The Morgan fingerprint density at radius 2 is 1.84 bits per heavy atom. The molecule has 1 amide bonds. The maximum atomic E-state index is 13.0. The quantitative estimate of drug-likeness (QED) is 0.679. The molecule has 0 radical (unpaired) electrons. The van der Waals surface area contributed by atoms with Crippen molar-refractivity contribution < 1.29 is 4.79 Å². The van der Waals surface area contributed by atoms with Crippen molar-refractivity contribution in [1.29, 1.82) is 0 Å². The second-order valence-electron chi connectivity index (χ2n) is 9.61. The molecule has 5 heterocycles. The summed E-state index contributed by atoms with van der Waals surface area (Å²) in [4.78, 5) is 45.3. The fourth-order valence-electron chi connectivity index (χ4n) is 4.79. The van der Waals surface area contributed by atoms with Crippen molar-refractivity contribution in [2.75, 3.05) is 31.1 Å². The van der Waals surface area contributed by atoms with Crippen molar-refractivity contribution in [2.24, 2.45) is 5.41 Å². The summed E-state index contributed by atoms with van der Waals surface area (Å²) in [6, 6.07) is 5.70. The molecule has 0 saturated carbocycles. The summed E-state index contributed by atoms with van der Waals surface area (Å²) in [5.74, 6) is 0.754. The van der Waals surface area contributed by atoms with E-state index in [2.05, 4.69) is 38.7 Å². The summed E-state index contributed by atoms with van der Waals surface area (Å²) >= 11 is 0. The van der Waals surface area contributed by atoms with E-state index < -0.39 is 0 Å². The van der Waals surface area contributed by atoms with E-state index in [-0.39, 0.29) is 17.6 Å². The number of nitrogens with zero attached hydrogens (tertiary/aromatic N) is 6. The van der Waals surface area contributed by atoms with Crippen molar-refractivity contribution in [3.8, 4) is 0 Å². The number of carbonyl (C=O) groups is 1. The highest BCUT2D eigenvalue weighted by atomic mass is 16.2. The maximum Gasteiger partial charge on any atom is 0.327 e. The SMILES string of the molecule is CC1(C)CCN(C(=O)c2cc(N3CCC(n4c(=O)[nH]c5ncccc54)CC3)ncn2)CC1.